The maximum Gasteiger partial charge on any atom is 0.355 e. The molecule has 1 aromatic heterocycles. The second-order valence-corrected chi connectivity index (χ2v) is 8.47. The summed E-state index contributed by atoms with van der Waals surface area (Å²) in [6.45, 7) is 3.95. The van der Waals surface area contributed by atoms with Crippen LogP contribution >= 0.6 is 0 Å². The van der Waals surface area contributed by atoms with Gasteiger partial charge in [-0.25, -0.2) is 4.79 Å². The number of Topliss-reactive ketones (excluding diaryl/α,β-unsaturated/α-hetero) is 1. The van der Waals surface area contributed by atoms with Crippen LogP contribution in [0.3, 0.4) is 0 Å². The van der Waals surface area contributed by atoms with Gasteiger partial charge in [0.1, 0.15) is 11.8 Å². The SMILES string of the molecule is COc1ccc([C@@H]2CC(=O)c3c([nH]c(C(=O)O[C@@H]4CCC[C@@H]4C)c3C)C2)cc1OC. The minimum Gasteiger partial charge on any atom is -0.493 e. The third-order valence-electron chi connectivity index (χ3n) is 6.61. The molecule has 0 bridgehead atoms. The average Bonchev–Trinajstić information content (AvgIpc) is 3.30. The van der Waals surface area contributed by atoms with E-state index >= 15 is 0 Å². The molecule has 1 aromatic carbocycles. The number of ketones is 1. The van der Waals surface area contributed by atoms with Gasteiger partial charge in [0, 0.05) is 17.7 Å². The highest BCUT2D eigenvalue weighted by Crippen LogP contribution is 2.38. The van der Waals surface area contributed by atoms with Crippen LogP contribution in [-0.4, -0.2) is 37.1 Å². The third kappa shape index (κ3) is 3.59. The molecule has 2 aromatic rings. The molecule has 1 heterocycles. The first kappa shape index (κ1) is 20.5. The molecule has 1 N–H and O–H groups in total. The number of rotatable bonds is 5. The van der Waals surface area contributed by atoms with Crippen molar-refractivity contribution >= 4 is 11.8 Å². The summed E-state index contributed by atoms with van der Waals surface area (Å²) in [5.41, 5.74) is 3.60. The van der Waals surface area contributed by atoms with Gasteiger partial charge in [-0.05, 0) is 67.7 Å². The van der Waals surface area contributed by atoms with Crippen molar-refractivity contribution < 1.29 is 23.8 Å². The molecule has 0 aliphatic heterocycles. The number of hydrogen-bond acceptors (Lipinski definition) is 5. The zero-order chi connectivity index (χ0) is 21.4. The molecule has 0 amide bonds. The second kappa shape index (κ2) is 8.17. The van der Waals surface area contributed by atoms with Crippen LogP contribution in [0.15, 0.2) is 18.2 Å². The van der Waals surface area contributed by atoms with E-state index < -0.39 is 0 Å². The Balaban J connectivity index is 1.59. The highest BCUT2D eigenvalue weighted by atomic mass is 16.5. The van der Waals surface area contributed by atoms with Crippen LogP contribution in [0.4, 0.5) is 0 Å². The number of aromatic nitrogens is 1. The highest BCUT2D eigenvalue weighted by molar-refractivity contribution is 6.03. The van der Waals surface area contributed by atoms with Gasteiger partial charge in [-0.1, -0.05) is 13.0 Å². The van der Waals surface area contributed by atoms with E-state index in [0.717, 1.165) is 30.5 Å². The van der Waals surface area contributed by atoms with E-state index in [1.54, 1.807) is 14.2 Å². The Labute approximate surface area is 176 Å². The molecule has 30 heavy (non-hydrogen) atoms. The van der Waals surface area contributed by atoms with Gasteiger partial charge in [-0.15, -0.1) is 0 Å². The molecule has 0 radical (unpaired) electrons. The summed E-state index contributed by atoms with van der Waals surface area (Å²) >= 11 is 0. The van der Waals surface area contributed by atoms with Crippen LogP contribution in [0.2, 0.25) is 0 Å². The largest absolute Gasteiger partial charge is 0.493 e. The number of fused-ring (bicyclic) bond motifs is 1. The van der Waals surface area contributed by atoms with Crippen molar-refractivity contribution in [3.05, 3.63) is 46.3 Å². The lowest BCUT2D eigenvalue weighted by Crippen LogP contribution is -2.21. The van der Waals surface area contributed by atoms with E-state index in [0.29, 0.717) is 47.1 Å². The molecule has 2 aliphatic carbocycles. The Hall–Kier alpha value is -2.76. The number of ether oxygens (including phenoxy) is 3. The minimum atomic E-state index is -0.351. The zero-order valence-electron chi connectivity index (χ0n) is 18.0. The van der Waals surface area contributed by atoms with Crippen LogP contribution in [0, 0.1) is 12.8 Å². The predicted molar refractivity (Wildman–Crippen MR) is 113 cm³/mol. The molecule has 4 rings (SSSR count). The Morgan fingerprint density at radius 1 is 1.10 bits per heavy atom. The van der Waals surface area contributed by atoms with E-state index in [4.69, 9.17) is 14.2 Å². The van der Waals surface area contributed by atoms with Crippen LogP contribution in [0.5, 0.6) is 11.5 Å². The molecule has 0 spiro atoms. The van der Waals surface area contributed by atoms with E-state index in [9.17, 15) is 9.59 Å². The molecule has 3 atom stereocenters. The first-order valence-corrected chi connectivity index (χ1v) is 10.6. The lowest BCUT2D eigenvalue weighted by molar-refractivity contribution is 0.0219. The summed E-state index contributed by atoms with van der Waals surface area (Å²) in [6.07, 6.45) is 4.11. The van der Waals surface area contributed by atoms with E-state index in [2.05, 4.69) is 11.9 Å². The molecule has 6 nitrogen and oxygen atoms in total. The molecule has 0 unspecified atom stereocenters. The van der Waals surface area contributed by atoms with Gasteiger partial charge in [0.2, 0.25) is 0 Å². The molecular formula is C24H29NO5. The summed E-state index contributed by atoms with van der Waals surface area (Å²) in [5.74, 6) is 1.41. The van der Waals surface area contributed by atoms with Gasteiger partial charge in [0.25, 0.3) is 0 Å². The highest BCUT2D eigenvalue weighted by Gasteiger charge is 2.34. The maximum absolute atomic E-state index is 13.0. The molecule has 0 saturated heterocycles. The van der Waals surface area contributed by atoms with Crippen LogP contribution in [-0.2, 0) is 11.2 Å². The number of nitrogens with one attached hydrogen (secondary N) is 1. The lowest BCUT2D eigenvalue weighted by Gasteiger charge is -2.23. The number of aromatic amines is 1. The topological polar surface area (TPSA) is 77.6 Å². The number of carbonyl (C=O) groups excluding carboxylic acids is 2. The van der Waals surface area contributed by atoms with Crippen molar-refractivity contribution in [3.63, 3.8) is 0 Å². The van der Waals surface area contributed by atoms with Crippen molar-refractivity contribution in [2.45, 2.75) is 58.0 Å². The molecule has 2 aliphatic rings. The smallest absolute Gasteiger partial charge is 0.355 e. The first-order valence-electron chi connectivity index (χ1n) is 10.6. The summed E-state index contributed by atoms with van der Waals surface area (Å²) < 4.78 is 16.5. The van der Waals surface area contributed by atoms with Crippen molar-refractivity contribution in [1.29, 1.82) is 0 Å². The Morgan fingerprint density at radius 2 is 1.87 bits per heavy atom. The van der Waals surface area contributed by atoms with Gasteiger partial charge >= 0.3 is 5.97 Å². The Morgan fingerprint density at radius 3 is 2.53 bits per heavy atom. The zero-order valence-corrected chi connectivity index (χ0v) is 18.0. The van der Waals surface area contributed by atoms with Crippen molar-refractivity contribution in [2.24, 2.45) is 5.92 Å². The number of carbonyl (C=O) groups is 2. The van der Waals surface area contributed by atoms with Gasteiger partial charge in [-0.3, -0.25) is 4.79 Å². The molecule has 1 fully saturated rings. The number of hydrogen-bond donors (Lipinski definition) is 1. The van der Waals surface area contributed by atoms with Gasteiger partial charge in [0.05, 0.1) is 14.2 Å². The fourth-order valence-corrected chi connectivity index (χ4v) is 4.86. The minimum absolute atomic E-state index is 0.0154. The third-order valence-corrected chi connectivity index (χ3v) is 6.61. The monoisotopic (exact) mass is 411 g/mol. The summed E-state index contributed by atoms with van der Waals surface area (Å²) in [4.78, 5) is 29.0. The quantitative estimate of drug-likeness (QED) is 0.728. The standard InChI is InChI=1S/C24H29NO5/c1-13-6-5-7-19(13)30-24(27)23-14(2)22-17(25-23)10-16(11-18(22)26)15-8-9-20(28-3)21(12-15)29-4/h8-9,12-13,16,19,25H,5-7,10-11H2,1-4H3/t13-,16-,19+/m0/s1. The maximum atomic E-state index is 13.0. The fraction of sp³-hybridized carbons (Fsp3) is 0.500. The second-order valence-electron chi connectivity index (χ2n) is 8.47. The lowest BCUT2D eigenvalue weighted by atomic mass is 9.81. The molecule has 6 heteroatoms. The Bertz CT molecular complexity index is 976. The summed E-state index contributed by atoms with van der Waals surface area (Å²) in [5, 5.41) is 0. The number of methoxy groups -OCH3 is 2. The number of esters is 1. The average molecular weight is 411 g/mol. The van der Waals surface area contributed by atoms with Gasteiger partial charge in [-0.2, -0.15) is 0 Å². The van der Waals surface area contributed by atoms with E-state index in [1.807, 2.05) is 25.1 Å². The first-order chi connectivity index (χ1) is 14.4. The molecule has 1 saturated carbocycles. The van der Waals surface area contributed by atoms with Crippen molar-refractivity contribution in [1.82, 2.24) is 4.98 Å². The normalized spacial score (nSPS) is 23.2. The van der Waals surface area contributed by atoms with E-state index in [1.165, 1.54) is 0 Å². The van der Waals surface area contributed by atoms with Crippen LogP contribution < -0.4 is 9.47 Å². The van der Waals surface area contributed by atoms with Crippen molar-refractivity contribution in [3.8, 4) is 11.5 Å². The van der Waals surface area contributed by atoms with Crippen molar-refractivity contribution in [2.75, 3.05) is 14.2 Å². The number of benzene rings is 1. The van der Waals surface area contributed by atoms with E-state index in [-0.39, 0.29) is 23.8 Å². The summed E-state index contributed by atoms with van der Waals surface area (Å²) in [7, 11) is 3.20. The van der Waals surface area contributed by atoms with Crippen LogP contribution in [0.1, 0.15) is 76.2 Å². The van der Waals surface area contributed by atoms with Gasteiger partial charge < -0.3 is 19.2 Å². The Kier molecular flexibility index (Phi) is 5.58. The molecule has 160 valence electrons. The van der Waals surface area contributed by atoms with Gasteiger partial charge in [0.15, 0.2) is 17.3 Å². The molecular weight excluding hydrogens is 382 g/mol. The fourth-order valence-electron chi connectivity index (χ4n) is 4.86. The van der Waals surface area contributed by atoms with Crippen LogP contribution in [0.25, 0.3) is 0 Å². The summed E-state index contributed by atoms with van der Waals surface area (Å²) in [6, 6.07) is 5.75. The predicted octanol–water partition coefficient (Wildman–Crippen LogP) is 4.60. The number of H-pyrrole nitrogens is 1.